The van der Waals surface area contributed by atoms with Crippen molar-refractivity contribution in [2.45, 2.75) is 0 Å². The Hall–Kier alpha value is -2.62. The molecule has 0 saturated carbocycles. The van der Waals surface area contributed by atoms with Crippen LogP contribution in [0.3, 0.4) is 0 Å². The lowest BCUT2D eigenvalue weighted by Gasteiger charge is -1.97. The van der Waals surface area contributed by atoms with Crippen LogP contribution in [0, 0.1) is 0 Å². The molecule has 0 aliphatic carbocycles. The van der Waals surface area contributed by atoms with Crippen molar-refractivity contribution in [3.05, 3.63) is 59.7 Å². The van der Waals surface area contributed by atoms with Crippen LogP contribution >= 0.6 is 0 Å². The standard InChI is InChI=1S/C16H16N2O2/c19-15-7-3-1-5-13(15)11-17-9-10-18-12-14-6-2-4-8-16(14)20/h1-8,11-12,19-20H,9-10H2/b17-11+,18-12?. The van der Waals surface area contributed by atoms with Crippen molar-refractivity contribution in [1.82, 2.24) is 0 Å². The molecule has 0 fully saturated rings. The summed E-state index contributed by atoms with van der Waals surface area (Å²) in [4.78, 5) is 8.39. The summed E-state index contributed by atoms with van der Waals surface area (Å²) in [5.41, 5.74) is 1.38. The van der Waals surface area contributed by atoms with Crippen LogP contribution in [-0.4, -0.2) is 35.7 Å². The van der Waals surface area contributed by atoms with Gasteiger partial charge in [0.15, 0.2) is 0 Å². The average molecular weight is 268 g/mol. The number of rotatable bonds is 5. The van der Waals surface area contributed by atoms with Crippen molar-refractivity contribution in [2.75, 3.05) is 13.1 Å². The minimum atomic E-state index is 0.217. The Morgan fingerprint density at radius 3 is 1.50 bits per heavy atom. The van der Waals surface area contributed by atoms with Gasteiger partial charge in [-0.2, -0.15) is 0 Å². The van der Waals surface area contributed by atoms with Gasteiger partial charge in [-0.3, -0.25) is 9.98 Å². The lowest BCUT2D eigenvalue weighted by molar-refractivity contribution is 0.474. The van der Waals surface area contributed by atoms with E-state index in [1.54, 1.807) is 48.8 Å². The quantitative estimate of drug-likeness (QED) is 0.646. The summed E-state index contributed by atoms with van der Waals surface area (Å²) in [6, 6.07) is 14.1. The van der Waals surface area contributed by atoms with Gasteiger partial charge in [0.25, 0.3) is 0 Å². The van der Waals surface area contributed by atoms with Gasteiger partial charge >= 0.3 is 0 Å². The molecule has 20 heavy (non-hydrogen) atoms. The molecule has 0 atom stereocenters. The molecular weight excluding hydrogens is 252 g/mol. The first kappa shape index (κ1) is 13.8. The molecule has 0 aliphatic rings. The third-order valence-electron chi connectivity index (χ3n) is 2.69. The van der Waals surface area contributed by atoms with Crippen LogP contribution < -0.4 is 0 Å². The van der Waals surface area contributed by atoms with Gasteiger partial charge in [0.05, 0.1) is 13.1 Å². The minimum Gasteiger partial charge on any atom is -0.507 e. The van der Waals surface area contributed by atoms with Gasteiger partial charge in [-0.1, -0.05) is 24.3 Å². The molecule has 2 N–H and O–H groups in total. The molecule has 0 amide bonds. The number of aliphatic imine (C=N–C) groups is 2. The Kier molecular flexibility index (Phi) is 4.89. The third kappa shape index (κ3) is 3.95. The number of phenols is 2. The zero-order valence-corrected chi connectivity index (χ0v) is 11.0. The smallest absolute Gasteiger partial charge is 0.124 e. The summed E-state index contributed by atoms with van der Waals surface area (Å²) in [7, 11) is 0. The molecule has 0 radical (unpaired) electrons. The van der Waals surface area contributed by atoms with E-state index in [9.17, 15) is 10.2 Å². The van der Waals surface area contributed by atoms with Gasteiger partial charge in [-0.05, 0) is 24.3 Å². The molecule has 0 aliphatic heterocycles. The predicted molar refractivity (Wildman–Crippen MR) is 81.1 cm³/mol. The molecule has 2 aromatic carbocycles. The van der Waals surface area contributed by atoms with Crippen molar-refractivity contribution in [3.63, 3.8) is 0 Å². The van der Waals surface area contributed by atoms with Crippen LogP contribution in [0.1, 0.15) is 11.1 Å². The van der Waals surface area contributed by atoms with Crippen molar-refractivity contribution in [1.29, 1.82) is 0 Å². The van der Waals surface area contributed by atoms with Crippen molar-refractivity contribution in [2.24, 2.45) is 9.98 Å². The van der Waals surface area contributed by atoms with Gasteiger partial charge in [0.1, 0.15) is 11.5 Å². The molecule has 2 aromatic rings. The zero-order valence-electron chi connectivity index (χ0n) is 11.0. The number of phenolic OH excluding ortho intramolecular Hbond substituents is 2. The average Bonchev–Trinajstić information content (AvgIpc) is 2.46. The van der Waals surface area contributed by atoms with Gasteiger partial charge in [0, 0.05) is 23.6 Å². The van der Waals surface area contributed by atoms with Crippen molar-refractivity contribution in [3.8, 4) is 11.5 Å². The molecule has 0 unspecified atom stereocenters. The fraction of sp³-hybridized carbons (Fsp3) is 0.125. The largest absolute Gasteiger partial charge is 0.507 e. The van der Waals surface area contributed by atoms with E-state index in [0.717, 1.165) is 0 Å². The topological polar surface area (TPSA) is 65.2 Å². The molecular formula is C16H16N2O2. The molecule has 0 aromatic heterocycles. The molecule has 4 heteroatoms. The van der Waals surface area contributed by atoms with Gasteiger partial charge < -0.3 is 10.2 Å². The number of nitrogens with zero attached hydrogens (tertiary/aromatic N) is 2. The number of hydrogen-bond acceptors (Lipinski definition) is 4. The maximum atomic E-state index is 9.54. The van der Waals surface area contributed by atoms with Gasteiger partial charge in [-0.25, -0.2) is 0 Å². The maximum absolute atomic E-state index is 9.54. The van der Waals surface area contributed by atoms with Crippen LogP contribution in [0.2, 0.25) is 0 Å². The summed E-state index contributed by atoms with van der Waals surface area (Å²) in [6.07, 6.45) is 3.26. The van der Waals surface area contributed by atoms with Gasteiger partial charge in [-0.15, -0.1) is 0 Å². The highest BCUT2D eigenvalue weighted by Crippen LogP contribution is 2.13. The highest BCUT2D eigenvalue weighted by atomic mass is 16.3. The van der Waals surface area contributed by atoms with Crippen LogP contribution in [0.15, 0.2) is 58.5 Å². The lowest BCUT2D eigenvalue weighted by atomic mass is 10.2. The zero-order chi connectivity index (χ0) is 14.2. The summed E-state index contributed by atoms with van der Waals surface area (Å²) in [5, 5.41) is 19.1. The Morgan fingerprint density at radius 1 is 0.700 bits per heavy atom. The maximum Gasteiger partial charge on any atom is 0.124 e. The summed E-state index contributed by atoms with van der Waals surface area (Å²) < 4.78 is 0. The number of para-hydroxylation sites is 2. The molecule has 0 spiro atoms. The Labute approximate surface area is 117 Å². The third-order valence-corrected chi connectivity index (χ3v) is 2.69. The normalized spacial score (nSPS) is 11.4. The van der Waals surface area contributed by atoms with Crippen molar-refractivity contribution < 1.29 is 10.2 Å². The number of benzene rings is 2. The van der Waals surface area contributed by atoms with Crippen LogP contribution in [0.4, 0.5) is 0 Å². The summed E-state index contributed by atoms with van der Waals surface area (Å²) in [6.45, 7) is 1.05. The highest BCUT2D eigenvalue weighted by molar-refractivity contribution is 5.84. The predicted octanol–water partition coefficient (Wildman–Crippen LogP) is 2.64. The minimum absolute atomic E-state index is 0.217. The van der Waals surface area contributed by atoms with E-state index >= 15 is 0 Å². The Bertz CT molecular complexity index is 566. The van der Waals surface area contributed by atoms with E-state index in [-0.39, 0.29) is 11.5 Å². The van der Waals surface area contributed by atoms with E-state index in [2.05, 4.69) is 9.98 Å². The Morgan fingerprint density at radius 2 is 1.10 bits per heavy atom. The fourth-order valence-electron chi connectivity index (χ4n) is 1.63. The number of aromatic hydroxyl groups is 2. The highest BCUT2D eigenvalue weighted by Gasteiger charge is 1.95. The molecule has 0 heterocycles. The molecule has 4 nitrogen and oxygen atoms in total. The fourth-order valence-corrected chi connectivity index (χ4v) is 1.63. The molecule has 102 valence electrons. The summed E-state index contributed by atoms with van der Waals surface area (Å²) >= 11 is 0. The Balaban J connectivity index is 1.82. The second kappa shape index (κ2) is 7.09. The lowest BCUT2D eigenvalue weighted by Crippen LogP contribution is -1.91. The van der Waals surface area contributed by atoms with E-state index in [1.807, 2.05) is 12.1 Å². The van der Waals surface area contributed by atoms with Crippen LogP contribution in [0.5, 0.6) is 11.5 Å². The molecule has 0 bridgehead atoms. The molecule has 0 saturated heterocycles. The van der Waals surface area contributed by atoms with E-state index in [4.69, 9.17) is 0 Å². The molecule has 2 rings (SSSR count). The SMILES string of the molecule is Oc1ccccc1C=NCC/N=C/c1ccccc1O. The summed E-state index contributed by atoms with van der Waals surface area (Å²) in [5.74, 6) is 0.433. The second-order valence-electron chi connectivity index (χ2n) is 4.19. The first-order chi connectivity index (χ1) is 9.77. The number of hydrogen-bond donors (Lipinski definition) is 2. The van der Waals surface area contributed by atoms with Crippen LogP contribution in [-0.2, 0) is 0 Å². The van der Waals surface area contributed by atoms with E-state index in [1.165, 1.54) is 0 Å². The van der Waals surface area contributed by atoms with Gasteiger partial charge in [0.2, 0.25) is 0 Å². The van der Waals surface area contributed by atoms with E-state index in [0.29, 0.717) is 24.2 Å². The van der Waals surface area contributed by atoms with Crippen molar-refractivity contribution >= 4 is 12.4 Å². The second-order valence-corrected chi connectivity index (χ2v) is 4.19. The first-order valence-electron chi connectivity index (χ1n) is 6.33. The monoisotopic (exact) mass is 268 g/mol. The van der Waals surface area contributed by atoms with Crippen LogP contribution in [0.25, 0.3) is 0 Å². The van der Waals surface area contributed by atoms with E-state index < -0.39 is 0 Å². The first-order valence-corrected chi connectivity index (χ1v) is 6.33.